The highest BCUT2D eigenvalue weighted by Gasteiger charge is 2.46. The van der Waals surface area contributed by atoms with Crippen molar-refractivity contribution in [3.63, 3.8) is 0 Å². The normalized spacial score (nSPS) is 18.3. The van der Waals surface area contributed by atoms with Gasteiger partial charge in [-0.15, -0.1) is 0 Å². The van der Waals surface area contributed by atoms with Crippen molar-refractivity contribution in [2.45, 2.75) is 6.04 Å². The van der Waals surface area contributed by atoms with Crippen LogP contribution in [0.3, 0.4) is 0 Å². The summed E-state index contributed by atoms with van der Waals surface area (Å²) in [5.41, 5.74) is 2.17. The number of nitrogens with one attached hydrogen (secondary N) is 1. The lowest BCUT2D eigenvalue weighted by molar-refractivity contribution is -0.140. The number of carbonyl (C=O) groups excluding carboxylic acids is 2. The number of fused-ring (bicyclic) bond motifs is 1. The molecule has 3 aromatic rings. The first-order valence-electron chi connectivity index (χ1n) is 10.1. The van der Waals surface area contributed by atoms with Crippen LogP contribution in [0.2, 0.25) is 0 Å². The Morgan fingerprint density at radius 2 is 1.84 bits per heavy atom. The molecule has 1 fully saturated rings. The SMILES string of the molecule is COc1ccc(C2/C(=C(\O)c3c[nH]c4ccccc34)C(=O)C(=O)N2CCN(C)C)cc1. The first-order chi connectivity index (χ1) is 14.9. The summed E-state index contributed by atoms with van der Waals surface area (Å²) in [5.74, 6) is -0.791. The van der Waals surface area contributed by atoms with Gasteiger partial charge >= 0.3 is 0 Å². The van der Waals surface area contributed by atoms with Crippen LogP contribution in [0.4, 0.5) is 0 Å². The predicted molar refractivity (Wildman–Crippen MR) is 119 cm³/mol. The summed E-state index contributed by atoms with van der Waals surface area (Å²) in [7, 11) is 5.39. The predicted octanol–water partition coefficient (Wildman–Crippen LogP) is 3.16. The molecule has 31 heavy (non-hydrogen) atoms. The highest BCUT2D eigenvalue weighted by atomic mass is 16.5. The van der Waals surface area contributed by atoms with Gasteiger partial charge in [0.05, 0.1) is 18.7 Å². The number of likely N-dealkylation sites (N-methyl/N-ethyl adjacent to an activating group) is 1. The molecule has 2 heterocycles. The number of nitrogens with zero attached hydrogens (tertiary/aromatic N) is 2. The van der Waals surface area contributed by atoms with Gasteiger partial charge in [0.1, 0.15) is 11.5 Å². The Bertz CT molecular complexity index is 1160. The first kappa shape index (κ1) is 20.7. The van der Waals surface area contributed by atoms with E-state index in [0.29, 0.717) is 24.4 Å². The third-order valence-electron chi connectivity index (χ3n) is 5.60. The molecule has 7 nitrogen and oxygen atoms in total. The summed E-state index contributed by atoms with van der Waals surface area (Å²) in [5, 5.41) is 12.0. The molecule has 4 rings (SSSR count). The summed E-state index contributed by atoms with van der Waals surface area (Å²) in [6.45, 7) is 0.950. The minimum atomic E-state index is -0.681. The quantitative estimate of drug-likeness (QED) is 0.364. The van der Waals surface area contributed by atoms with Gasteiger partial charge in [0.2, 0.25) is 0 Å². The van der Waals surface area contributed by atoms with Crippen molar-refractivity contribution < 1.29 is 19.4 Å². The zero-order chi connectivity index (χ0) is 22.1. The summed E-state index contributed by atoms with van der Waals surface area (Å²) < 4.78 is 5.24. The van der Waals surface area contributed by atoms with Gasteiger partial charge in [-0.1, -0.05) is 30.3 Å². The summed E-state index contributed by atoms with van der Waals surface area (Å²) in [6.07, 6.45) is 1.66. The van der Waals surface area contributed by atoms with Gasteiger partial charge in [0.15, 0.2) is 0 Å². The molecule has 1 atom stereocenters. The van der Waals surface area contributed by atoms with Crippen LogP contribution in [0.25, 0.3) is 16.7 Å². The molecule has 1 unspecified atom stereocenters. The van der Waals surface area contributed by atoms with E-state index in [0.717, 1.165) is 16.5 Å². The number of aliphatic hydroxyl groups excluding tert-OH is 1. The van der Waals surface area contributed by atoms with Crippen molar-refractivity contribution in [2.24, 2.45) is 0 Å². The van der Waals surface area contributed by atoms with E-state index in [1.165, 1.54) is 4.90 Å². The molecule has 0 aliphatic carbocycles. The summed E-state index contributed by atoms with van der Waals surface area (Å²) >= 11 is 0. The topological polar surface area (TPSA) is 85.9 Å². The van der Waals surface area contributed by atoms with E-state index in [1.54, 1.807) is 25.4 Å². The molecule has 1 aromatic heterocycles. The van der Waals surface area contributed by atoms with Crippen LogP contribution in [0.1, 0.15) is 17.2 Å². The van der Waals surface area contributed by atoms with Crippen LogP contribution in [0.5, 0.6) is 5.75 Å². The number of rotatable bonds is 6. The molecule has 2 aromatic carbocycles. The van der Waals surface area contributed by atoms with Crippen LogP contribution < -0.4 is 4.74 Å². The zero-order valence-corrected chi connectivity index (χ0v) is 17.8. The van der Waals surface area contributed by atoms with Crippen molar-refractivity contribution in [3.8, 4) is 5.75 Å². The Morgan fingerprint density at radius 3 is 2.52 bits per heavy atom. The number of H-pyrrole nitrogens is 1. The van der Waals surface area contributed by atoms with Gasteiger partial charge in [-0.2, -0.15) is 0 Å². The molecule has 1 aliphatic heterocycles. The molecule has 0 bridgehead atoms. The smallest absolute Gasteiger partial charge is 0.295 e. The van der Waals surface area contributed by atoms with Crippen LogP contribution in [0.15, 0.2) is 60.3 Å². The van der Waals surface area contributed by atoms with Crippen molar-refractivity contribution in [1.29, 1.82) is 0 Å². The van der Waals surface area contributed by atoms with Crippen LogP contribution in [0, 0.1) is 0 Å². The fourth-order valence-corrected chi connectivity index (χ4v) is 3.96. The van der Waals surface area contributed by atoms with Crippen LogP contribution in [-0.4, -0.2) is 65.9 Å². The van der Waals surface area contributed by atoms with Crippen molar-refractivity contribution in [2.75, 3.05) is 34.3 Å². The number of likely N-dealkylation sites (tertiary alicyclic amines) is 1. The van der Waals surface area contributed by atoms with Crippen molar-refractivity contribution >= 4 is 28.4 Å². The fraction of sp³-hybridized carbons (Fsp3) is 0.250. The second-order valence-corrected chi connectivity index (χ2v) is 7.82. The molecule has 160 valence electrons. The fourth-order valence-electron chi connectivity index (χ4n) is 3.96. The van der Waals surface area contributed by atoms with Crippen LogP contribution >= 0.6 is 0 Å². The molecule has 0 saturated carbocycles. The van der Waals surface area contributed by atoms with Crippen molar-refractivity contribution in [3.05, 3.63) is 71.4 Å². The molecule has 1 aliphatic rings. The maximum atomic E-state index is 13.1. The lowest BCUT2D eigenvalue weighted by atomic mass is 9.95. The Balaban J connectivity index is 1.87. The third kappa shape index (κ3) is 3.68. The third-order valence-corrected chi connectivity index (χ3v) is 5.60. The lowest BCUT2D eigenvalue weighted by Crippen LogP contribution is -2.35. The minimum Gasteiger partial charge on any atom is -0.507 e. The average Bonchev–Trinajstić information content (AvgIpc) is 3.31. The summed E-state index contributed by atoms with van der Waals surface area (Å²) in [6, 6.07) is 14.0. The van der Waals surface area contributed by atoms with Gasteiger partial charge in [0.25, 0.3) is 11.7 Å². The Labute approximate surface area is 180 Å². The summed E-state index contributed by atoms with van der Waals surface area (Å²) in [4.78, 5) is 32.6. The molecule has 0 radical (unpaired) electrons. The van der Waals surface area contributed by atoms with E-state index in [9.17, 15) is 14.7 Å². The molecule has 1 amide bonds. The molecule has 2 N–H and O–H groups in total. The van der Waals surface area contributed by atoms with Gasteiger partial charge < -0.3 is 24.6 Å². The number of methoxy groups -OCH3 is 1. The number of hydrogen-bond acceptors (Lipinski definition) is 5. The lowest BCUT2D eigenvalue weighted by Gasteiger charge is -2.26. The van der Waals surface area contributed by atoms with Gasteiger partial charge in [-0.3, -0.25) is 9.59 Å². The number of aromatic amines is 1. The maximum absolute atomic E-state index is 13.1. The molecule has 0 spiro atoms. The zero-order valence-electron chi connectivity index (χ0n) is 17.8. The Morgan fingerprint density at radius 1 is 1.13 bits per heavy atom. The number of aliphatic hydroxyl groups is 1. The van der Waals surface area contributed by atoms with Gasteiger partial charge in [-0.05, 0) is 37.9 Å². The number of benzene rings is 2. The number of Topliss-reactive ketones (excluding diaryl/α,β-unsaturated/α-hetero) is 1. The molecule has 7 heteroatoms. The second kappa shape index (κ2) is 8.28. The van der Waals surface area contributed by atoms with E-state index in [2.05, 4.69) is 4.98 Å². The maximum Gasteiger partial charge on any atom is 0.295 e. The standard InChI is InChI=1S/C24H25N3O4/c1-26(2)12-13-27-21(15-8-10-16(31-3)11-9-15)20(23(29)24(27)30)22(28)18-14-25-19-7-5-4-6-17(18)19/h4-11,14,21,25,28H,12-13H2,1-3H3/b22-20+. The number of ether oxygens (including phenoxy) is 1. The monoisotopic (exact) mass is 419 g/mol. The van der Waals surface area contributed by atoms with Crippen LogP contribution in [-0.2, 0) is 9.59 Å². The number of amides is 1. The molecular formula is C24H25N3O4. The number of para-hydroxylation sites is 1. The molecular weight excluding hydrogens is 394 g/mol. The molecule has 1 saturated heterocycles. The van der Waals surface area contributed by atoms with E-state index in [-0.39, 0.29) is 11.3 Å². The average molecular weight is 419 g/mol. The van der Waals surface area contributed by atoms with E-state index < -0.39 is 17.7 Å². The van der Waals surface area contributed by atoms with E-state index in [4.69, 9.17) is 4.74 Å². The van der Waals surface area contributed by atoms with Gasteiger partial charge in [0, 0.05) is 35.8 Å². The Hall–Kier alpha value is -3.58. The number of aromatic nitrogens is 1. The largest absolute Gasteiger partial charge is 0.507 e. The number of ketones is 1. The number of carbonyl (C=O) groups is 2. The highest BCUT2D eigenvalue weighted by Crippen LogP contribution is 2.40. The Kier molecular flexibility index (Phi) is 5.52. The first-order valence-corrected chi connectivity index (χ1v) is 10.1. The second-order valence-electron chi connectivity index (χ2n) is 7.82. The minimum absolute atomic E-state index is 0.0960. The highest BCUT2D eigenvalue weighted by molar-refractivity contribution is 6.46. The van der Waals surface area contributed by atoms with E-state index >= 15 is 0 Å². The number of hydrogen-bond donors (Lipinski definition) is 2. The van der Waals surface area contributed by atoms with Gasteiger partial charge in [-0.25, -0.2) is 0 Å². The van der Waals surface area contributed by atoms with E-state index in [1.807, 2.05) is 55.4 Å². The van der Waals surface area contributed by atoms with Crippen molar-refractivity contribution in [1.82, 2.24) is 14.8 Å².